The molecule has 0 bridgehead atoms. The van der Waals surface area contributed by atoms with E-state index in [-0.39, 0.29) is 5.92 Å². The number of carboxylic acid groups (broad SMARTS) is 1. The van der Waals surface area contributed by atoms with E-state index in [0.29, 0.717) is 19.6 Å². The van der Waals surface area contributed by atoms with Crippen molar-refractivity contribution in [1.29, 1.82) is 0 Å². The summed E-state index contributed by atoms with van der Waals surface area (Å²) in [5.41, 5.74) is 4.77. The lowest BCUT2D eigenvalue weighted by molar-refractivity contribution is -0.203. The minimum atomic E-state index is -1.19. The van der Waals surface area contributed by atoms with Crippen LogP contribution in [0.4, 0.5) is 0 Å². The van der Waals surface area contributed by atoms with Crippen LogP contribution in [0.15, 0.2) is 48.5 Å². The maximum absolute atomic E-state index is 11.3. The molecule has 0 aromatic heterocycles. The number of hydrogen-bond donors (Lipinski definition) is 2. The lowest BCUT2D eigenvalue weighted by atomic mass is 9.98. The molecule has 5 heteroatoms. The third kappa shape index (κ3) is 2.84. The van der Waals surface area contributed by atoms with E-state index >= 15 is 0 Å². The van der Waals surface area contributed by atoms with Gasteiger partial charge in [-0.05, 0) is 35.1 Å². The second-order valence-corrected chi connectivity index (χ2v) is 6.62. The molecule has 5 nitrogen and oxygen atoms in total. The molecule has 1 saturated heterocycles. The van der Waals surface area contributed by atoms with Gasteiger partial charge < -0.3 is 14.9 Å². The smallest absolute Gasteiger partial charge is 0.321 e. The third-order valence-electron chi connectivity index (χ3n) is 5.24. The van der Waals surface area contributed by atoms with Crippen molar-refractivity contribution in [3.63, 3.8) is 0 Å². The van der Waals surface area contributed by atoms with Crippen LogP contribution in [0.3, 0.4) is 0 Å². The van der Waals surface area contributed by atoms with E-state index < -0.39 is 18.4 Å². The molecule has 0 saturated carbocycles. The predicted molar refractivity (Wildman–Crippen MR) is 93.0 cm³/mol. The first kappa shape index (κ1) is 16.3. The van der Waals surface area contributed by atoms with E-state index in [0.717, 1.165) is 6.42 Å². The number of benzene rings is 2. The number of aliphatic hydroxyl groups is 1. The Labute approximate surface area is 146 Å². The zero-order valence-electron chi connectivity index (χ0n) is 13.8. The fourth-order valence-electron chi connectivity index (χ4n) is 4.04. The Hall–Kier alpha value is -2.21. The lowest BCUT2D eigenvalue weighted by Gasteiger charge is -2.27. The summed E-state index contributed by atoms with van der Waals surface area (Å²) in [5, 5.41) is 19.6. The zero-order chi connectivity index (χ0) is 17.4. The Morgan fingerprint density at radius 3 is 2.32 bits per heavy atom. The van der Waals surface area contributed by atoms with Gasteiger partial charge in [0.2, 0.25) is 6.41 Å². The number of nitrogens with zero attached hydrogens (tertiary/aromatic N) is 1. The molecule has 130 valence electrons. The van der Waals surface area contributed by atoms with Crippen LogP contribution in [0.5, 0.6) is 0 Å². The van der Waals surface area contributed by atoms with Crippen LogP contribution in [-0.4, -0.2) is 46.7 Å². The van der Waals surface area contributed by atoms with Gasteiger partial charge in [0.05, 0.1) is 6.61 Å². The molecule has 0 amide bonds. The second kappa shape index (κ2) is 6.59. The molecular formula is C20H21NO4. The first-order valence-electron chi connectivity index (χ1n) is 8.63. The van der Waals surface area contributed by atoms with E-state index in [2.05, 4.69) is 24.3 Å². The average Bonchev–Trinajstić information content (AvgIpc) is 3.23. The average molecular weight is 339 g/mol. The number of rotatable bonds is 5. The molecule has 2 N–H and O–H groups in total. The molecule has 4 rings (SSSR count). The van der Waals surface area contributed by atoms with Crippen molar-refractivity contribution in [2.75, 3.05) is 13.2 Å². The zero-order valence-corrected chi connectivity index (χ0v) is 13.8. The van der Waals surface area contributed by atoms with E-state index in [1.807, 2.05) is 24.3 Å². The maximum Gasteiger partial charge on any atom is 0.321 e. The fourth-order valence-corrected chi connectivity index (χ4v) is 4.04. The molecule has 1 aliphatic carbocycles. The SMILES string of the molecule is O=C(O)C1CCCN1C(O)OCC1c2ccccc2-c2ccccc21. The van der Waals surface area contributed by atoms with Gasteiger partial charge in [0, 0.05) is 12.5 Å². The monoisotopic (exact) mass is 339 g/mol. The van der Waals surface area contributed by atoms with Gasteiger partial charge in [-0.1, -0.05) is 48.5 Å². The van der Waals surface area contributed by atoms with E-state index in [4.69, 9.17) is 4.74 Å². The molecule has 0 spiro atoms. The molecule has 1 aliphatic heterocycles. The van der Waals surface area contributed by atoms with Crippen LogP contribution in [0.2, 0.25) is 0 Å². The van der Waals surface area contributed by atoms with Crippen molar-refractivity contribution in [2.24, 2.45) is 0 Å². The predicted octanol–water partition coefficient (Wildman–Crippen LogP) is 2.64. The van der Waals surface area contributed by atoms with Crippen molar-refractivity contribution in [2.45, 2.75) is 31.2 Å². The van der Waals surface area contributed by atoms with Gasteiger partial charge in [0.15, 0.2) is 0 Å². The molecule has 2 aliphatic rings. The van der Waals surface area contributed by atoms with E-state index in [1.54, 1.807) is 0 Å². The standard InChI is InChI=1S/C20H21NO4/c22-19(23)18-10-5-11-21(18)20(24)25-12-17-15-8-3-1-6-13(15)14-7-2-4-9-16(14)17/h1-4,6-9,17-18,20,24H,5,10-12H2,(H,22,23). The topological polar surface area (TPSA) is 70.0 Å². The number of hydrogen-bond acceptors (Lipinski definition) is 4. The molecule has 1 heterocycles. The number of aliphatic carboxylic acids is 1. The Balaban J connectivity index is 1.52. The van der Waals surface area contributed by atoms with Gasteiger partial charge in [-0.2, -0.15) is 0 Å². The summed E-state index contributed by atoms with van der Waals surface area (Å²) in [5.74, 6) is -0.857. The lowest BCUT2D eigenvalue weighted by Crippen LogP contribution is -2.44. The summed E-state index contributed by atoms with van der Waals surface area (Å²) < 4.78 is 5.72. The Kier molecular flexibility index (Phi) is 4.29. The Morgan fingerprint density at radius 2 is 1.72 bits per heavy atom. The van der Waals surface area contributed by atoms with Gasteiger partial charge in [-0.25, -0.2) is 4.90 Å². The van der Waals surface area contributed by atoms with Crippen LogP contribution in [0, 0.1) is 0 Å². The number of likely N-dealkylation sites (tertiary alicyclic amines) is 1. The summed E-state index contributed by atoms with van der Waals surface area (Å²) in [4.78, 5) is 12.8. The molecule has 2 atom stereocenters. The molecule has 0 radical (unpaired) electrons. The van der Waals surface area contributed by atoms with Crippen molar-refractivity contribution < 1.29 is 19.7 Å². The Morgan fingerprint density at radius 1 is 1.12 bits per heavy atom. The van der Waals surface area contributed by atoms with Crippen LogP contribution in [0.25, 0.3) is 11.1 Å². The minimum Gasteiger partial charge on any atom is -0.480 e. The van der Waals surface area contributed by atoms with Gasteiger partial charge in [0.1, 0.15) is 6.04 Å². The minimum absolute atomic E-state index is 0.0490. The first-order chi connectivity index (χ1) is 12.2. The van der Waals surface area contributed by atoms with Crippen molar-refractivity contribution in [1.82, 2.24) is 4.90 Å². The third-order valence-corrected chi connectivity index (χ3v) is 5.24. The van der Waals surface area contributed by atoms with E-state index in [1.165, 1.54) is 27.2 Å². The second-order valence-electron chi connectivity index (χ2n) is 6.62. The van der Waals surface area contributed by atoms with Gasteiger partial charge in [-0.15, -0.1) is 0 Å². The fraction of sp³-hybridized carbons (Fsp3) is 0.350. The summed E-state index contributed by atoms with van der Waals surface area (Å²) in [7, 11) is 0. The summed E-state index contributed by atoms with van der Waals surface area (Å²) in [6, 6.07) is 15.8. The van der Waals surface area contributed by atoms with Crippen molar-refractivity contribution in [3.05, 3.63) is 59.7 Å². The summed E-state index contributed by atoms with van der Waals surface area (Å²) in [6.45, 7) is 0.855. The van der Waals surface area contributed by atoms with Gasteiger partial charge >= 0.3 is 5.97 Å². The molecule has 2 aromatic rings. The molecule has 1 fully saturated rings. The highest BCUT2D eigenvalue weighted by Gasteiger charge is 2.36. The molecule has 25 heavy (non-hydrogen) atoms. The quantitative estimate of drug-likeness (QED) is 0.820. The highest BCUT2D eigenvalue weighted by molar-refractivity contribution is 5.78. The highest BCUT2D eigenvalue weighted by atomic mass is 16.6. The normalized spacial score (nSPS) is 21.1. The number of carboxylic acids is 1. The van der Waals surface area contributed by atoms with Crippen LogP contribution >= 0.6 is 0 Å². The highest BCUT2D eigenvalue weighted by Crippen LogP contribution is 2.44. The van der Waals surface area contributed by atoms with Crippen LogP contribution < -0.4 is 0 Å². The summed E-state index contributed by atoms with van der Waals surface area (Å²) >= 11 is 0. The number of aliphatic hydroxyl groups excluding tert-OH is 1. The maximum atomic E-state index is 11.3. The van der Waals surface area contributed by atoms with Crippen LogP contribution in [0.1, 0.15) is 29.9 Å². The summed E-state index contributed by atoms with van der Waals surface area (Å²) in [6.07, 6.45) is 0.112. The molecule has 2 unspecified atom stereocenters. The number of fused-ring (bicyclic) bond motifs is 3. The van der Waals surface area contributed by atoms with Crippen molar-refractivity contribution in [3.8, 4) is 11.1 Å². The number of ether oxygens (including phenoxy) is 1. The Bertz CT molecular complexity index is 745. The first-order valence-corrected chi connectivity index (χ1v) is 8.63. The van der Waals surface area contributed by atoms with E-state index in [9.17, 15) is 15.0 Å². The molecular weight excluding hydrogens is 318 g/mol. The van der Waals surface area contributed by atoms with Gasteiger partial charge in [0.25, 0.3) is 0 Å². The van der Waals surface area contributed by atoms with Gasteiger partial charge in [-0.3, -0.25) is 4.79 Å². The van der Waals surface area contributed by atoms with Crippen molar-refractivity contribution >= 4 is 5.97 Å². The van der Waals surface area contributed by atoms with Crippen LogP contribution in [-0.2, 0) is 9.53 Å². The largest absolute Gasteiger partial charge is 0.480 e. The molecule has 2 aromatic carbocycles. The number of carbonyl (C=O) groups is 1.